The third-order valence-corrected chi connectivity index (χ3v) is 3.49. The van der Waals surface area contributed by atoms with E-state index in [4.69, 9.17) is 6.42 Å². The smallest absolute Gasteiger partial charge is 0.211 e. The summed E-state index contributed by atoms with van der Waals surface area (Å²) in [5, 5.41) is 0.926. The Morgan fingerprint density at radius 3 is 2.24 bits per heavy atom. The summed E-state index contributed by atoms with van der Waals surface area (Å²) in [6.45, 7) is 11.9. The van der Waals surface area contributed by atoms with Crippen molar-refractivity contribution in [3.63, 3.8) is 0 Å². The van der Waals surface area contributed by atoms with E-state index < -0.39 is 10.0 Å². The van der Waals surface area contributed by atoms with Crippen LogP contribution in [0.2, 0.25) is 0 Å². The van der Waals surface area contributed by atoms with Gasteiger partial charge in [-0.2, -0.15) is 0 Å². The minimum absolute atomic E-state index is 0.0118. The molecule has 0 spiro atoms. The number of nitrogens with one attached hydrogen (secondary N) is 1. The maximum Gasteiger partial charge on any atom is 0.233 e. The van der Waals surface area contributed by atoms with Crippen LogP contribution in [-0.4, -0.2) is 15.0 Å². The molecule has 0 heterocycles. The number of terminal acetylenes is 1. The van der Waals surface area contributed by atoms with Crippen molar-refractivity contribution in [3.05, 3.63) is 12.0 Å². The number of rotatable bonds is 7. The second kappa shape index (κ2) is 5.70. The summed E-state index contributed by atoms with van der Waals surface area (Å²) < 4.78 is 25.1. The molecule has 0 saturated carbocycles. The van der Waals surface area contributed by atoms with Gasteiger partial charge in [-0.05, 0) is 17.3 Å². The van der Waals surface area contributed by atoms with Crippen molar-refractivity contribution in [2.24, 2.45) is 10.8 Å². The molecule has 0 atom stereocenters. The summed E-state index contributed by atoms with van der Waals surface area (Å²) in [7, 11) is -3.35. The Kier molecular flexibility index (Phi) is 5.44. The van der Waals surface area contributed by atoms with Gasteiger partial charge in [-0.15, -0.1) is 12.3 Å². The molecule has 0 fully saturated rings. The Bertz CT molecular complexity index is 400. The van der Waals surface area contributed by atoms with Crippen LogP contribution in [0.5, 0.6) is 0 Å². The lowest BCUT2D eigenvalue weighted by Crippen LogP contribution is -2.35. The predicted molar refractivity (Wildman–Crippen MR) is 72.7 cm³/mol. The number of hydrogen-bond acceptors (Lipinski definition) is 2. The molecule has 3 nitrogen and oxygen atoms in total. The quantitative estimate of drug-likeness (QED) is 0.712. The average Bonchev–Trinajstić information content (AvgIpc) is 2.13. The third kappa shape index (κ3) is 7.19. The molecular formula is C13H23NO2S. The SMILES string of the molecule is C#CCC(C)(C)CC(C)(C)CNS(=O)(=O)C=C. The molecule has 0 aromatic heterocycles. The monoisotopic (exact) mass is 257 g/mol. The highest BCUT2D eigenvalue weighted by molar-refractivity contribution is 7.92. The molecule has 0 aliphatic heterocycles. The number of sulfonamides is 1. The highest BCUT2D eigenvalue weighted by Gasteiger charge is 2.29. The van der Waals surface area contributed by atoms with Crippen molar-refractivity contribution >= 4 is 10.0 Å². The van der Waals surface area contributed by atoms with Gasteiger partial charge in [0, 0.05) is 18.4 Å². The maximum atomic E-state index is 11.3. The van der Waals surface area contributed by atoms with Crippen LogP contribution < -0.4 is 4.72 Å². The van der Waals surface area contributed by atoms with Crippen molar-refractivity contribution < 1.29 is 8.42 Å². The van der Waals surface area contributed by atoms with Gasteiger partial charge in [0.15, 0.2) is 0 Å². The van der Waals surface area contributed by atoms with Crippen molar-refractivity contribution in [2.45, 2.75) is 40.5 Å². The van der Waals surface area contributed by atoms with Crippen LogP contribution >= 0.6 is 0 Å². The Morgan fingerprint density at radius 2 is 1.82 bits per heavy atom. The molecule has 0 radical (unpaired) electrons. The molecule has 0 aromatic rings. The fraction of sp³-hybridized carbons (Fsp3) is 0.692. The lowest BCUT2D eigenvalue weighted by molar-refractivity contribution is 0.201. The van der Waals surface area contributed by atoms with Crippen LogP contribution in [0.3, 0.4) is 0 Å². The summed E-state index contributed by atoms with van der Waals surface area (Å²) in [6.07, 6.45) is 6.86. The second-order valence-electron chi connectivity index (χ2n) is 5.92. The van der Waals surface area contributed by atoms with Gasteiger partial charge < -0.3 is 0 Å². The average molecular weight is 257 g/mol. The van der Waals surface area contributed by atoms with Gasteiger partial charge >= 0.3 is 0 Å². The molecule has 0 aliphatic carbocycles. The van der Waals surface area contributed by atoms with Gasteiger partial charge in [0.1, 0.15) is 0 Å². The summed E-state index contributed by atoms with van der Waals surface area (Å²) in [5.74, 6) is 2.66. The van der Waals surface area contributed by atoms with Gasteiger partial charge in [0.05, 0.1) is 0 Å². The highest BCUT2D eigenvalue weighted by atomic mass is 32.2. The summed E-state index contributed by atoms with van der Waals surface area (Å²) in [4.78, 5) is 0. The Morgan fingerprint density at radius 1 is 1.29 bits per heavy atom. The van der Waals surface area contributed by atoms with E-state index in [0.29, 0.717) is 13.0 Å². The van der Waals surface area contributed by atoms with E-state index >= 15 is 0 Å². The maximum absolute atomic E-state index is 11.3. The second-order valence-corrected chi connectivity index (χ2v) is 7.63. The highest BCUT2D eigenvalue weighted by Crippen LogP contribution is 2.35. The molecule has 0 bridgehead atoms. The lowest BCUT2D eigenvalue weighted by atomic mass is 9.73. The topological polar surface area (TPSA) is 46.2 Å². The van der Waals surface area contributed by atoms with Crippen molar-refractivity contribution in [1.82, 2.24) is 4.72 Å². The molecule has 0 unspecified atom stereocenters. The molecule has 17 heavy (non-hydrogen) atoms. The zero-order valence-electron chi connectivity index (χ0n) is 11.2. The van der Waals surface area contributed by atoms with E-state index in [-0.39, 0.29) is 10.8 Å². The summed E-state index contributed by atoms with van der Waals surface area (Å²) in [6, 6.07) is 0. The fourth-order valence-corrected chi connectivity index (χ4v) is 2.76. The molecule has 0 rings (SSSR count). The van der Waals surface area contributed by atoms with Crippen molar-refractivity contribution in [1.29, 1.82) is 0 Å². The summed E-state index contributed by atoms with van der Waals surface area (Å²) >= 11 is 0. The zero-order valence-corrected chi connectivity index (χ0v) is 12.0. The first-order valence-corrected chi connectivity index (χ1v) is 7.14. The molecule has 1 N–H and O–H groups in total. The van der Waals surface area contributed by atoms with E-state index in [9.17, 15) is 8.42 Å². The van der Waals surface area contributed by atoms with E-state index in [1.165, 1.54) is 0 Å². The van der Waals surface area contributed by atoms with Gasteiger partial charge in [0.25, 0.3) is 0 Å². The van der Waals surface area contributed by atoms with Gasteiger partial charge in [0.2, 0.25) is 10.0 Å². The predicted octanol–water partition coefficient (Wildman–Crippen LogP) is 2.52. The Balaban J connectivity index is 4.51. The van der Waals surface area contributed by atoms with Gasteiger partial charge in [-0.1, -0.05) is 34.3 Å². The Hall–Kier alpha value is -0.790. The molecule has 0 aromatic carbocycles. The van der Waals surface area contributed by atoms with E-state index in [0.717, 1.165) is 11.8 Å². The van der Waals surface area contributed by atoms with E-state index in [1.54, 1.807) is 0 Å². The van der Waals surface area contributed by atoms with Crippen LogP contribution in [0, 0.1) is 23.2 Å². The summed E-state index contributed by atoms with van der Waals surface area (Å²) in [5.41, 5.74) is -0.131. The molecular weight excluding hydrogens is 234 g/mol. The van der Waals surface area contributed by atoms with E-state index in [2.05, 4.69) is 31.1 Å². The van der Waals surface area contributed by atoms with Crippen molar-refractivity contribution in [2.75, 3.05) is 6.54 Å². The largest absolute Gasteiger partial charge is 0.233 e. The van der Waals surface area contributed by atoms with Gasteiger partial charge in [-0.25, -0.2) is 13.1 Å². The molecule has 0 amide bonds. The van der Waals surface area contributed by atoms with E-state index in [1.807, 2.05) is 13.8 Å². The van der Waals surface area contributed by atoms with Crippen LogP contribution in [0.1, 0.15) is 40.5 Å². The van der Waals surface area contributed by atoms with Crippen LogP contribution in [0.4, 0.5) is 0 Å². The first kappa shape index (κ1) is 16.2. The minimum atomic E-state index is -3.35. The standard InChI is InChI=1S/C13H23NO2S/c1-7-9-12(3,4)10-13(5,6)11-14-17(15,16)8-2/h1,8,14H,2,9-11H2,3-6H3. The number of hydrogen-bond donors (Lipinski definition) is 1. The zero-order chi connectivity index (χ0) is 13.7. The third-order valence-electron chi connectivity index (χ3n) is 2.51. The first-order chi connectivity index (χ1) is 7.54. The first-order valence-electron chi connectivity index (χ1n) is 5.59. The fourth-order valence-electron chi connectivity index (χ4n) is 2.05. The molecule has 4 heteroatoms. The minimum Gasteiger partial charge on any atom is -0.211 e. The van der Waals surface area contributed by atoms with Crippen LogP contribution in [-0.2, 0) is 10.0 Å². The van der Waals surface area contributed by atoms with Gasteiger partial charge in [-0.3, -0.25) is 0 Å². The van der Waals surface area contributed by atoms with Crippen LogP contribution in [0.15, 0.2) is 12.0 Å². The lowest BCUT2D eigenvalue weighted by Gasteiger charge is -2.33. The molecule has 0 aliphatic rings. The molecule has 0 saturated heterocycles. The van der Waals surface area contributed by atoms with Crippen LogP contribution in [0.25, 0.3) is 0 Å². The van der Waals surface area contributed by atoms with Crippen molar-refractivity contribution in [3.8, 4) is 12.3 Å². The molecule has 98 valence electrons. The Labute approximate surface area is 106 Å². The normalized spacial score (nSPS) is 13.1.